The minimum Gasteiger partial charge on any atom is -0.481 e. The van der Waals surface area contributed by atoms with E-state index >= 15 is 0 Å². The summed E-state index contributed by atoms with van der Waals surface area (Å²) < 4.78 is 6.75. The molecule has 0 bridgehead atoms. The van der Waals surface area contributed by atoms with Crippen molar-refractivity contribution in [2.24, 2.45) is 0 Å². The largest absolute Gasteiger partial charge is 0.481 e. The van der Waals surface area contributed by atoms with Crippen molar-refractivity contribution < 1.29 is 4.74 Å². The van der Waals surface area contributed by atoms with E-state index in [1.807, 2.05) is 24.3 Å². The number of methoxy groups -OCH3 is 1. The lowest BCUT2D eigenvalue weighted by molar-refractivity contribution is 0.398. The zero-order valence-electron chi connectivity index (χ0n) is 10.3. The third kappa shape index (κ3) is 2.28. The van der Waals surface area contributed by atoms with E-state index in [0.29, 0.717) is 11.6 Å². The maximum Gasteiger partial charge on any atom is 0.213 e. The van der Waals surface area contributed by atoms with Crippen LogP contribution in [0.15, 0.2) is 48.9 Å². The third-order valence-corrected chi connectivity index (χ3v) is 2.60. The summed E-state index contributed by atoms with van der Waals surface area (Å²) in [5, 5.41) is 8.17. The second-order valence-electron chi connectivity index (χ2n) is 3.82. The number of hydrogen-bond donors (Lipinski definition) is 0. The quantitative estimate of drug-likeness (QED) is 0.711. The number of hydrogen-bond acceptors (Lipinski definition) is 5. The van der Waals surface area contributed by atoms with Crippen LogP contribution in [0.4, 0.5) is 0 Å². The maximum atomic E-state index is 5.09. The van der Waals surface area contributed by atoms with Crippen LogP contribution in [0.5, 0.6) is 5.88 Å². The van der Waals surface area contributed by atoms with Gasteiger partial charge in [0.2, 0.25) is 5.88 Å². The van der Waals surface area contributed by atoms with Gasteiger partial charge in [-0.3, -0.25) is 4.98 Å². The zero-order valence-corrected chi connectivity index (χ0v) is 10.3. The molecule has 0 amide bonds. The minimum atomic E-state index is 0.549. The summed E-state index contributed by atoms with van der Waals surface area (Å²) in [6, 6.07) is 9.27. The van der Waals surface area contributed by atoms with E-state index in [1.165, 1.54) is 0 Å². The third-order valence-electron chi connectivity index (χ3n) is 2.60. The number of nitrogens with zero attached hydrogens (tertiary/aromatic N) is 5. The molecule has 0 saturated heterocycles. The van der Waals surface area contributed by atoms with Gasteiger partial charge in [0.15, 0.2) is 0 Å². The van der Waals surface area contributed by atoms with Gasteiger partial charge in [0.25, 0.3) is 0 Å². The van der Waals surface area contributed by atoms with E-state index < -0.39 is 0 Å². The smallest absolute Gasteiger partial charge is 0.213 e. The predicted molar refractivity (Wildman–Crippen MR) is 68.9 cm³/mol. The second kappa shape index (κ2) is 4.85. The molecule has 3 aromatic heterocycles. The highest BCUT2D eigenvalue weighted by Gasteiger charge is 2.07. The van der Waals surface area contributed by atoms with Crippen molar-refractivity contribution in [2.75, 3.05) is 7.11 Å². The normalized spacial score (nSPS) is 10.4. The monoisotopic (exact) mass is 253 g/mol. The van der Waals surface area contributed by atoms with Gasteiger partial charge in [-0.05, 0) is 18.2 Å². The Morgan fingerprint density at radius 2 is 2.05 bits per heavy atom. The van der Waals surface area contributed by atoms with Gasteiger partial charge in [0.05, 0.1) is 30.9 Å². The highest BCUT2D eigenvalue weighted by Crippen LogP contribution is 2.17. The van der Waals surface area contributed by atoms with Crippen molar-refractivity contribution in [3.05, 3.63) is 48.9 Å². The lowest BCUT2D eigenvalue weighted by atomic mass is 10.3. The summed E-state index contributed by atoms with van der Waals surface area (Å²) in [6.45, 7) is 0. The molecule has 0 atom stereocenters. The summed E-state index contributed by atoms with van der Waals surface area (Å²) in [5.41, 5.74) is 2.25. The Labute approximate surface area is 109 Å². The van der Waals surface area contributed by atoms with Crippen LogP contribution in [0.3, 0.4) is 0 Å². The van der Waals surface area contributed by atoms with Gasteiger partial charge in [-0.15, -0.1) is 5.10 Å². The lowest BCUT2D eigenvalue weighted by Gasteiger charge is -1.99. The molecule has 94 valence electrons. The molecule has 0 spiro atoms. The van der Waals surface area contributed by atoms with Crippen LogP contribution in [0.25, 0.3) is 17.1 Å². The molecule has 3 rings (SSSR count). The highest BCUT2D eigenvalue weighted by molar-refractivity contribution is 5.53. The standard InChI is InChI=1S/C13H11N5O/c1-19-13-6-2-5-11(15-13)12-9-18(17-16-12)10-4-3-7-14-8-10/h2-9H,1H3. The van der Waals surface area contributed by atoms with Gasteiger partial charge >= 0.3 is 0 Å². The zero-order chi connectivity index (χ0) is 13.1. The van der Waals surface area contributed by atoms with E-state index in [1.54, 1.807) is 36.4 Å². The molecule has 0 unspecified atom stereocenters. The Morgan fingerprint density at radius 3 is 2.84 bits per heavy atom. The van der Waals surface area contributed by atoms with Gasteiger partial charge in [-0.25, -0.2) is 9.67 Å². The van der Waals surface area contributed by atoms with Crippen molar-refractivity contribution in [3.8, 4) is 23.0 Å². The number of rotatable bonds is 3. The van der Waals surface area contributed by atoms with E-state index in [0.717, 1.165) is 11.4 Å². The van der Waals surface area contributed by atoms with Crippen molar-refractivity contribution in [3.63, 3.8) is 0 Å². The van der Waals surface area contributed by atoms with Gasteiger partial charge < -0.3 is 4.74 Å². The van der Waals surface area contributed by atoms with Crippen LogP contribution in [0.1, 0.15) is 0 Å². The first-order chi connectivity index (χ1) is 9.36. The van der Waals surface area contributed by atoms with Crippen molar-refractivity contribution in [1.82, 2.24) is 25.0 Å². The fourth-order valence-electron chi connectivity index (χ4n) is 1.67. The molecule has 19 heavy (non-hydrogen) atoms. The Balaban J connectivity index is 1.97. The van der Waals surface area contributed by atoms with Gasteiger partial charge in [-0.1, -0.05) is 11.3 Å². The van der Waals surface area contributed by atoms with E-state index in [4.69, 9.17) is 4.74 Å². The SMILES string of the molecule is COc1cccc(-c2cn(-c3cccnc3)nn2)n1. The summed E-state index contributed by atoms with van der Waals surface area (Å²) in [5.74, 6) is 0.549. The molecule has 3 heterocycles. The molecule has 0 aromatic carbocycles. The molecule has 6 nitrogen and oxygen atoms in total. The summed E-state index contributed by atoms with van der Waals surface area (Å²) >= 11 is 0. The molecule has 0 aliphatic carbocycles. The Kier molecular flexibility index (Phi) is 2.89. The Morgan fingerprint density at radius 1 is 1.11 bits per heavy atom. The number of aromatic nitrogens is 5. The molecular formula is C13H11N5O. The van der Waals surface area contributed by atoms with Crippen molar-refractivity contribution in [1.29, 1.82) is 0 Å². The fourth-order valence-corrected chi connectivity index (χ4v) is 1.67. The van der Waals surface area contributed by atoms with Gasteiger partial charge in [0.1, 0.15) is 5.69 Å². The first-order valence-electron chi connectivity index (χ1n) is 5.71. The highest BCUT2D eigenvalue weighted by atomic mass is 16.5. The molecule has 0 aliphatic heterocycles. The number of pyridine rings is 2. The van der Waals surface area contributed by atoms with Crippen LogP contribution in [-0.2, 0) is 0 Å². The summed E-state index contributed by atoms with van der Waals surface area (Å²) in [4.78, 5) is 8.36. The summed E-state index contributed by atoms with van der Waals surface area (Å²) in [6.07, 6.45) is 5.24. The molecular weight excluding hydrogens is 242 g/mol. The first kappa shape index (κ1) is 11.3. The number of ether oxygens (including phenoxy) is 1. The van der Waals surface area contributed by atoms with E-state index in [-0.39, 0.29) is 0 Å². The lowest BCUT2D eigenvalue weighted by Crippen LogP contribution is -1.94. The van der Waals surface area contributed by atoms with Crippen LogP contribution >= 0.6 is 0 Å². The van der Waals surface area contributed by atoms with Crippen LogP contribution < -0.4 is 4.74 Å². The van der Waals surface area contributed by atoms with E-state index in [2.05, 4.69) is 20.3 Å². The maximum absolute atomic E-state index is 5.09. The average Bonchev–Trinajstić information content (AvgIpc) is 2.98. The molecule has 0 aliphatic rings. The van der Waals surface area contributed by atoms with Gasteiger partial charge in [-0.2, -0.15) is 0 Å². The molecule has 6 heteroatoms. The van der Waals surface area contributed by atoms with Crippen LogP contribution in [0.2, 0.25) is 0 Å². The Bertz CT molecular complexity index is 680. The van der Waals surface area contributed by atoms with Crippen molar-refractivity contribution in [2.45, 2.75) is 0 Å². The second-order valence-corrected chi connectivity index (χ2v) is 3.82. The molecule has 0 radical (unpaired) electrons. The minimum absolute atomic E-state index is 0.549. The molecule has 3 aromatic rings. The van der Waals surface area contributed by atoms with Crippen molar-refractivity contribution >= 4 is 0 Å². The topological polar surface area (TPSA) is 65.7 Å². The Hall–Kier alpha value is -2.76. The summed E-state index contributed by atoms with van der Waals surface area (Å²) in [7, 11) is 1.58. The predicted octanol–water partition coefficient (Wildman–Crippen LogP) is 1.73. The van der Waals surface area contributed by atoms with E-state index in [9.17, 15) is 0 Å². The van der Waals surface area contributed by atoms with Crippen LogP contribution in [0, 0.1) is 0 Å². The van der Waals surface area contributed by atoms with Crippen LogP contribution in [-0.4, -0.2) is 32.1 Å². The molecule has 0 fully saturated rings. The van der Waals surface area contributed by atoms with Gasteiger partial charge in [0, 0.05) is 12.3 Å². The molecule has 0 saturated carbocycles. The first-order valence-corrected chi connectivity index (χ1v) is 5.71. The molecule has 0 N–H and O–H groups in total. The fraction of sp³-hybridized carbons (Fsp3) is 0.0769. The average molecular weight is 253 g/mol.